The maximum absolute atomic E-state index is 11.7. The lowest BCUT2D eigenvalue weighted by atomic mass is 10.1. The van der Waals surface area contributed by atoms with Gasteiger partial charge in [0, 0.05) is 19.7 Å². The first-order chi connectivity index (χ1) is 9.52. The van der Waals surface area contributed by atoms with Gasteiger partial charge in [-0.25, -0.2) is 0 Å². The van der Waals surface area contributed by atoms with E-state index in [2.05, 4.69) is 12.2 Å². The second-order valence-corrected chi connectivity index (χ2v) is 4.98. The van der Waals surface area contributed by atoms with Gasteiger partial charge in [0.15, 0.2) is 0 Å². The Morgan fingerprint density at radius 2 is 2.05 bits per heavy atom. The van der Waals surface area contributed by atoms with E-state index >= 15 is 0 Å². The Morgan fingerprint density at radius 3 is 2.65 bits per heavy atom. The van der Waals surface area contributed by atoms with Crippen LogP contribution in [0.5, 0.6) is 5.75 Å². The second-order valence-electron chi connectivity index (χ2n) is 4.98. The maximum Gasteiger partial charge on any atom is 0.234 e. The zero-order chi connectivity index (χ0) is 15.0. The van der Waals surface area contributed by atoms with Crippen LogP contribution in [0.4, 0.5) is 0 Å². The SMILES string of the molecule is COCCNC(=O)CN(C)C(C)Cc1ccc(O)cc1. The fourth-order valence-corrected chi connectivity index (χ4v) is 1.86. The van der Waals surface area contributed by atoms with E-state index in [1.54, 1.807) is 19.2 Å². The van der Waals surface area contributed by atoms with E-state index in [4.69, 9.17) is 4.74 Å². The number of phenols is 1. The maximum atomic E-state index is 11.7. The fraction of sp³-hybridized carbons (Fsp3) is 0.533. The molecule has 1 rings (SSSR count). The summed E-state index contributed by atoms with van der Waals surface area (Å²) in [6.07, 6.45) is 0.835. The van der Waals surface area contributed by atoms with E-state index in [9.17, 15) is 9.90 Å². The van der Waals surface area contributed by atoms with Gasteiger partial charge in [0.1, 0.15) is 5.75 Å². The molecular formula is C15H24N2O3. The summed E-state index contributed by atoms with van der Waals surface area (Å²) in [5.41, 5.74) is 1.14. The third-order valence-corrected chi connectivity index (χ3v) is 3.24. The number of hydrogen-bond donors (Lipinski definition) is 2. The molecule has 0 spiro atoms. The van der Waals surface area contributed by atoms with Crippen molar-refractivity contribution in [3.63, 3.8) is 0 Å². The summed E-state index contributed by atoms with van der Waals surface area (Å²) in [6, 6.07) is 7.41. The molecule has 1 atom stereocenters. The van der Waals surface area contributed by atoms with Gasteiger partial charge in [-0.2, -0.15) is 0 Å². The highest BCUT2D eigenvalue weighted by atomic mass is 16.5. The van der Waals surface area contributed by atoms with E-state index in [1.807, 2.05) is 24.1 Å². The molecule has 0 aliphatic carbocycles. The number of aromatic hydroxyl groups is 1. The highest BCUT2D eigenvalue weighted by Crippen LogP contribution is 2.12. The highest BCUT2D eigenvalue weighted by molar-refractivity contribution is 5.77. The first-order valence-electron chi connectivity index (χ1n) is 6.76. The van der Waals surface area contributed by atoms with Crippen LogP contribution in [-0.2, 0) is 16.0 Å². The van der Waals surface area contributed by atoms with Crippen LogP contribution in [0.15, 0.2) is 24.3 Å². The van der Waals surface area contributed by atoms with Crippen molar-refractivity contribution in [1.82, 2.24) is 10.2 Å². The molecule has 1 unspecified atom stereocenters. The van der Waals surface area contributed by atoms with E-state index in [0.717, 1.165) is 12.0 Å². The zero-order valence-electron chi connectivity index (χ0n) is 12.4. The third-order valence-electron chi connectivity index (χ3n) is 3.24. The lowest BCUT2D eigenvalue weighted by molar-refractivity contribution is -0.122. The molecule has 2 N–H and O–H groups in total. The summed E-state index contributed by atoms with van der Waals surface area (Å²) in [6.45, 7) is 3.51. The number of ether oxygens (including phenoxy) is 1. The van der Waals surface area contributed by atoms with Crippen LogP contribution in [0.25, 0.3) is 0 Å². The molecule has 0 aliphatic heterocycles. The average molecular weight is 280 g/mol. The van der Waals surface area contributed by atoms with Gasteiger partial charge >= 0.3 is 0 Å². The number of nitrogens with zero attached hydrogens (tertiary/aromatic N) is 1. The molecule has 1 aromatic carbocycles. The van der Waals surface area contributed by atoms with E-state index < -0.39 is 0 Å². The summed E-state index contributed by atoms with van der Waals surface area (Å²) < 4.78 is 4.88. The molecule has 5 nitrogen and oxygen atoms in total. The van der Waals surface area contributed by atoms with Crippen molar-refractivity contribution >= 4 is 5.91 Å². The summed E-state index contributed by atoms with van der Waals surface area (Å²) in [4.78, 5) is 13.7. The third kappa shape index (κ3) is 6.04. The van der Waals surface area contributed by atoms with Crippen molar-refractivity contribution in [1.29, 1.82) is 0 Å². The van der Waals surface area contributed by atoms with E-state index in [0.29, 0.717) is 19.7 Å². The molecule has 0 bridgehead atoms. The van der Waals surface area contributed by atoms with Crippen LogP contribution in [-0.4, -0.2) is 55.8 Å². The Morgan fingerprint density at radius 1 is 1.40 bits per heavy atom. The molecule has 112 valence electrons. The predicted octanol–water partition coefficient (Wildman–Crippen LogP) is 1.02. The van der Waals surface area contributed by atoms with Crippen molar-refractivity contribution in [3.05, 3.63) is 29.8 Å². The minimum Gasteiger partial charge on any atom is -0.508 e. The molecule has 0 aromatic heterocycles. The molecular weight excluding hydrogens is 256 g/mol. The van der Waals surface area contributed by atoms with Gasteiger partial charge in [0.2, 0.25) is 5.91 Å². The molecule has 0 saturated heterocycles. The van der Waals surface area contributed by atoms with Crippen molar-refractivity contribution in [2.24, 2.45) is 0 Å². The number of carbonyl (C=O) groups excluding carboxylic acids is 1. The topological polar surface area (TPSA) is 61.8 Å². The number of likely N-dealkylation sites (N-methyl/N-ethyl adjacent to an activating group) is 1. The molecule has 20 heavy (non-hydrogen) atoms. The van der Waals surface area contributed by atoms with Gasteiger partial charge in [0.05, 0.1) is 13.2 Å². The van der Waals surface area contributed by atoms with E-state index in [1.165, 1.54) is 0 Å². The minimum absolute atomic E-state index is 0.00195. The summed E-state index contributed by atoms with van der Waals surface area (Å²) in [5.74, 6) is 0.273. The molecule has 0 heterocycles. The minimum atomic E-state index is 0.00195. The fourth-order valence-electron chi connectivity index (χ4n) is 1.86. The Hall–Kier alpha value is -1.59. The van der Waals surface area contributed by atoms with Gasteiger partial charge in [-0.3, -0.25) is 9.69 Å². The van der Waals surface area contributed by atoms with Gasteiger partial charge in [-0.1, -0.05) is 12.1 Å². The van der Waals surface area contributed by atoms with Gasteiger partial charge in [0.25, 0.3) is 0 Å². The van der Waals surface area contributed by atoms with Gasteiger partial charge in [-0.15, -0.1) is 0 Å². The van der Waals surface area contributed by atoms with Crippen LogP contribution >= 0.6 is 0 Å². The predicted molar refractivity (Wildman–Crippen MR) is 78.8 cm³/mol. The monoisotopic (exact) mass is 280 g/mol. The van der Waals surface area contributed by atoms with Crippen LogP contribution in [0.2, 0.25) is 0 Å². The van der Waals surface area contributed by atoms with Gasteiger partial charge < -0.3 is 15.2 Å². The number of methoxy groups -OCH3 is 1. The lowest BCUT2D eigenvalue weighted by Gasteiger charge is -2.24. The molecule has 5 heteroatoms. The molecule has 1 amide bonds. The van der Waals surface area contributed by atoms with Crippen molar-refractivity contribution < 1.29 is 14.6 Å². The standard InChI is InChI=1S/C15H24N2O3/c1-12(10-13-4-6-14(18)7-5-13)17(2)11-15(19)16-8-9-20-3/h4-7,12,18H,8-11H2,1-3H3,(H,16,19). The molecule has 0 saturated carbocycles. The second kappa shape index (κ2) is 8.55. The van der Waals surface area contributed by atoms with Crippen molar-refractivity contribution in [3.8, 4) is 5.75 Å². The largest absolute Gasteiger partial charge is 0.508 e. The number of amides is 1. The summed E-state index contributed by atoms with van der Waals surface area (Å²) in [7, 11) is 3.54. The number of hydrogen-bond acceptors (Lipinski definition) is 4. The van der Waals surface area contributed by atoms with Gasteiger partial charge in [-0.05, 0) is 38.1 Å². The summed E-state index contributed by atoms with van der Waals surface area (Å²) in [5, 5.41) is 12.1. The Balaban J connectivity index is 2.36. The highest BCUT2D eigenvalue weighted by Gasteiger charge is 2.13. The van der Waals surface area contributed by atoms with E-state index in [-0.39, 0.29) is 17.7 Å². The Labute approximate surface area is 120 Å². The number of rotatable bonds is 8. The normalized spacial score (nSPS) is 12.4. The van der Waals surface area contributed by atoms with Crippen LogP contribution in [0.1, 0.15) is 12.5 Å². The van der Waals surface area contributed by atoms with Crippen LogP contribution in [0.3, 0.4) is 0 Å². The number of nitrogens with one attached hydrogen (secondary N) is 1. The number of benzene rings is 1. The average Bonchev–Trinajstić information content (AvgIpc) is 2.41. The number of phenolic OH excluding ortho intramolecular Hbond substituents is 1. The molecule has 1 aromatic rings. The summed E-state index contributed by atoms with van der Waals surface area (Å²) >= 11 is 0. The van der Waals surface area contributed by atoms with Crippen LogP contribution in [0, 0.1) is 0 Å². The quantitative estimate of drug-likeness (QED) is 0.698. The Bertz CT molecular complexity index is 406. The van der Waals surface area contributed by atoms with Crippen molar-refractivity contribution in [2.75, 3.05) is 33.9 Å². The van der Waals surface area contributed by atoms with Crippen molar-refractivity contribution in [2.45, 2.75) is 19.4 Å². The first kappa shape index (κ1) is 16.5. The molecule has 0 fully saturated rings. The Kier molecular flexibility index (Phi) is 7.04. The van der Waals surface area contributed by atoms with Crippen LogP contribution < -0.4 is 5.32 Å². The lowest BCUT2D eigenvalue weighted by Crippen LogP contribution is -2.41. The zero-order valence-corrected chi connectivity index (χ0v) is 12.4. The molecule has 0 aliphatic rings. The first-order valence-corrected chi connectivity index (χ1v) is 6.76. The molecule has 0 radical (unpaired) electrons. The smallest absolute Gasteiger partial charge is 0.234 e. The number of carbonyl (C=O) groups is 1.